The van der Waals surface area contributed by atoms with E-state index < -0.39 is 0 Å². The Bertz CT molecular complexity index is 723. The van der Waals surface area contributed by atoms with Crippen molar-refractivity contribution in [3.05, 3.63) is 40.5 Å². The third-order valence-electron chi connectivity index (χ3n) is 4.19. The van der Waals surface area contributed by atoms with Crippen molar-refractivity contribution in [2.24, 2.45) is 0 Å². The number of nitrogens with zero attached hydrogens (tertiary/aromatic N) is 2. The normalized spacial score (nSPS) is 15.1. The summed E-state index contributed by atoms with van der Waals surface area (Å²) in [7, 11) is 0. The van der Waals surface area contributed by atoms with Gasteiger partial charge in [-0.2, -0.15) is 5.10 Å². The molecule has 1 aliphatic rings. The molecule has 0 bridgehead atoms. The number of hydrogen-bond acceptors (Lipinski definition) is 3. The van der Waals surface area contributed by atoms with E-state index in [1.54, 1.807) is 17.8 Å². The molecule has 3 rings (SSSR count). The molecular weight excluding hydrogens is 330 g/mol. The number of hydrogen-bond donors (Lipinski definition) is 1. The minimum atomic E-state index is -0.190. The molecule has 0 aliphatic heterocycles. The molecule has 1 aromatic heterocycles. The Morgan fingerprint density at radius 2 is 2.09 bits per heavy atom. The molecule has 2 aromatic rings. The first-order valence-electron chi connectivity index (χ1n) is 7.79. The van der Waals surface area contributed by atoms with Gasteiger partial charge in [-0.1, -0.05) is 24.4 Å². The molecule has 4 nitrogen and oxygen atoms in total. The summed E-state index contributed by atoms with van der Waals surface area (Å²) in [5.41, 5.74) is 1.41. The summed E-state index contributed by atoms with van der Waals surface area (Å²) in [6.07, 6.45) is 6.65. The van der Waals surface area contributed by atoms with Gasteiger partial charge in [0, 0.05) is 11.0 Å². The van der Waals surface area contributed by atoms with Crippen LogP contribution in [0.1, 0.15) is 47.8 Å². The Labute approximate surface area is 145 Å². The molecule has 1 fully saturated rings. The van der Waals surface area contributed by atoms with Crippen LogP contribution in [0.2, 0.25) is 5.02 Å². The summed E-state index contributed by atoms with van der Waals surface area (Å²) in [6.45, 7) is 1.95. The Hall–Kier alpha value is -1.46. The zero-order valence-electron chi connectivity index (χ0n) is 13.3. The van der Waals surface area contributed by atoms with Gasteiger partial charge in [0.2, 0.25) is 0 Å². The van der Waals surface area contributed by atoms with Gasteiger partial charge in [0.25, 0.3) is 5.91 Å². The van der Waals surface area contributed by atoms with E-state index in [9.17, 15) is 4.79 Å². The zero-order valence-corrected chi connectivity index (χ0v) is 14.9. The van der Waals surface area contributed by atoms with Gasteiger partial charge >= 0.3 is 0 Å². The molecule has 1 N–H and O–H groups in total. The van der Waals surface area contributed by atoms with Crippen molar-refractivity contribution in [3.63, 3.8) is 0 Å². The third kappa shape index (κ3) is 3.56. The fraction of sp³-hybridized carbons (Fsp3) is 0.412. The zero-order chi connectivity index (χ0) is 16.4. The molecule has 122 valence electrons. The van der Waals surface area contributed by atoms with Crippen LogP contribution in [0.25, 0.3) is 0 Å². The smallest absolute Gasteiger partial charge is 0.258 e. The lowest BCUT2D eigenvalue weighted by atomic mass is 10.2. The van der Waals surface area contributed by atoms with Crippen LogP contribution in [-0.2, 0) is 0 Å². The largest absolute Gasteiger partial charge is 0.307 e. The highest BCUT2D eigenvalue weighted by molar-refractivity contribution is 7.98. The number of thioether (sulfide) groups is 1. The second-order valence-electron chi connectivity index (χ2n) is 5.85. The van der Waals surface area contributed by atoms with E-state index in [4.69, 9.17) is 11.6 Å². The topological polar surface area (TPSA) is 46.9 Å². The first-order chi connectivity index (χ1) is 11.1. The maximum absolute atomic E-state index is 12.6. The summed E-state index contributed by atoms with van der Waals surface area (Å²) in [5.74, 6) is 0.565. The third-order valence-corrected chi connectivity index (χ3v) is 5.24. The summed E-state index contributed by atoms with van der Waals surface area (Å²) < 4.78 is 1.96. The van der Waals surface area contributed by atoms with Gasteiger partial charge in [0.05, 0.1) is 22.3 Å². The molecule has 23 heavy (non-hydrogen) atoms. The second-order valence-corrected chi connectivity index (χ2v) is 7.14. The summed E-state index contributed by atoms with van der Waals surface area (Å²) in [4.78, 5) is 13.6. The van der Waals surface area contributed by atoms with E-state index in [0.717, 1.165) is 29.2 Å². The highest BCUT2D eigenvalue weighted by Crippen LogP contribution is 2.32. The summed E-state index contributed by atoms with van der Waals surface area (Å²) in [5, 5.41) is 8.01. The van der Waals surface area contributed by atoms with Crippen LogP contribution in [0.15, 0.2) is 29.2 Å². The lowest BCUT2D eigenvalue weighted by Gasteiger charge is -2.15. The Balaban J connectivity index is 1.86. The molecule has 0 unspecified atom stereocenters. The summed E-state index contributed by atoms with van der Waals surface area (Å²) >= 11 is 7.78. The number of amides is 1. The lowest BCUT2D eigenvalue weighted by Crippen LogP contribution is -2.18. The van der Waals surface area contributed by atoms with E-state index in [2.05, 4.69) is 10.4 Å². The number of carbonyl (C=O) groups excluding carboxylic acids is 1. The highest BCUT2D eigenvalue weighted by Gasteiger charge is 2.22. The van der Waals surface area contributed by atoms with Gasteiger partial charge in [-0.25, -0.2) is 4.68 Å². The average Bonchev–Trinajstić information content (AvgIpc) is 3.17. The maximum Gasteiger partial charge on any atom is 0.258 e. The van der Waals surface area contributed by atoms with Gasteiger partial charge in [0.1, 0.15) is 5.82 Å². The van der Waals surface area contributed by atoms with Crippen LogP contribution in [0.3, 0.4) is 0 Å². The predicted octanol–water partition coefficient (Wildman–Crippen LogP) is 4.93. The average molecular weight is 350 g/mol. The van der Waals surface area contributed by atoms with Crippen molar-refractivity contribution in [1.29, 1.82) is 0 Å². The summed E-state index contributed by atoms with van der Waals surface area (Å²) in [6, 6.07) is 7.80. The van der Waals surface area contributed by atoms with Crippen LogP contribution < -0.4 is 5.32 Å². The van der Waals surface area contributed by atoms with Gasteiger partial charge in [-0.3, -0.25) is 4.79 Å². The molecule has 1 aromatic carbocycles. The number of rotatable bonds is 4. The number of aryl methyl sites for hydroxylation is 1. The number of nitrogens with one attached hydrogen (secondary N) is 1. The van der Waals surface area contributed by atoms with Crippen LogP contribution in [0, 0.1) is 6.92 Å². The van der Waals surface area contributed by atoms with Crippen molar-refractivity contribution in [3.8, 4) is 0 Å². The van der Waals surface area contributed by atoms with Crippen LogP contribution in [0.5, 0.6) is 0 Å². The lowest BCUT2D eigenvalue weighted by molar-refractivity contribution is 0.102. The number of anilines is 1. The Morgan fingerprint density at radius 1 is 1.35 bits per heavy atom. The minimum absolute atomic E-state index is 0.190. The molecule has 0 atom stereocenters. The van der Waals surface area contributed by atoms with Crippen molar-refractivity contribution in [2.45, 2.75) is 43.5 Å². The molecule has 0 saturated heterocycles. The highest BCUT2D eigenvalue weighted by atomic mass is 35.5. The number of benzene rings is 1. The molecule has 0 spiro atoms. The van der Waals surface area contributed by atoms with Crippen molar-refractivity contribution >= 4 is 35.1 Å². The predicted molar refractivity (Wildman–Crippen MR) is 95.7 cm³/mol. The van der Waals surface area contributed by atoms with E-state index in [-0.39, 0.29) is 5.91 Å². The first kappa shape index (κ1) is 16.4. The van der Waals surface area contributed by atoms with Crippen LogP contribution in [0.4, 0.5) is 5.82 Å². The minimum Gasteiger partial charge on any atom is -0.307 e. The SMILES string of the molecule is CSc1ccc(Cl)c(C(=O)Nc2cc(C)nn2C2CCCC2)c1. The monoisotopic (exact) mass is 349 g/mol. The first-order valence-corrected chi connectivity index (χ1v) is 9.40. The molecule has 0 radical (unpaired) electrons. The molecule has 6 heteroatoms. The van der Waals surface area contributed by atoms with Crippen molar-refractivity contribution < 1.29 is 4.79 Å². The van der Waals surface area contributed by atoms with E-state index in [1.807, 2.05) is 36.1 Å². The van der Waals surface area contributed by atoms with Crippen LogP contribution >= 0.6 is 23.4 Å². The van der Waals surface area contributed by atoms with Crippen molar-refractivity contribution in [2.75, 3.05) is 11.6 Å². The Kier molecular flexibility index (Phi) is 4.97. The van der Waals surface area contributed by atoms with E-state index in [1.165, 1.54) is 12.8 Å². The van der Waals surface area contributed by atoms with Gasteiger partial charge in [-0.15, -0.1) is 11.8 Å². The fourth-order valence-electron chi connectivity index (χ4n) is 3.03. The van der Waals surface area contributed by atoms with Gasteiger partial charge < -0.3 is 5.32 Å². The van der Waals surface area contributed by atoms with Gasteiger partial charge in [0.15, 0.2) is 0 Å². The Morgan fingerprint density at radius 3 is 2.78 bits per heavy atom. The fourth-order valence-corrected chi connectivity index (χ4v) is 3.67. The maximum atomic E-state index is 12.6. The van der Waals surface area contributed by atoms with E-state index in [0.29, 0.717) is 16.6 Å². The number of carbonyl (C=O) groups is 1. The van der Waals surface area contributed by atoms with E-state index >= 15 is 0 Å². The molecule has 1 saturated carbocycles. The standard InChI is InChI=1S/C17H20ClN3OS/c1-11-9-16(21(20-11)12-5-3-4-6-12)19-17(22)14-10-13(23-2)7-8-15(14)18/h7-10,12H,3-6H2,1-2H3,(H,19,22). The number of halogens is 1. The second kappa shape index (κ2) is 6.97. The quantitative estimate of drug-likeness (QED) is 0.796. The molecular formula is C17H20ClN3OS. The molecule has 1 aliphatic carbocycles. The molecule has 1 heterocycles. The molecule has 1 amide bonds. The van der Waals surface area contributed by atoms with Gasteiger partial charge in [-0.05, 0) is 44.2 Å². The van der Waals surface area contributed by atoms with Crippen molar-refractivity contribution in [1.82, 2.24) is 9.78 Å². The van der Waals surface area contributed by atoms with Crippen LogP contribution in [-0.4, -0.2) is 21.9 Å². The number of aromatic nitrogens is 2.